The molecule has 1 aliphatic rings. The number of nitriles is 1. The molecule has 1 saturated carbocycles. The zero-order chi connectivity index (χ0) is 10.7. The summed E-state index contributed by atoms with van der Waals surface area (Å²) in [5.74, 6) is 0. The van der Waals surface area contributed by atoms with Gasteiger partial charge in [0.2, 0.25) is 0 Å². The number of nitrogens with zero attached hydrogens (tertiary/aromatic N) is 1. The van der Waals surface area contributed by atoms with E-state index < -0.39 is 5.60 Å². The van der Waals surface area contributed by atoms with Crippen LogP contribution < -0.4 is 0 Å². The molecule has 0 saturated heterocycles. The number of aliphatic hydroxyl groups is 1. The van der Waals surface area contributed by atoms with Crippen molar-refractivity contribution in [3.05, 3.63) is 0 Å². The quantitative estimate of drug-likeness (QED) is 0.751. The SMILES string of the molecule is CC1(C)CCC(C#N)(OCCO)CC1. The fourth-order valence-corrected chi connectivity index (χ4v) is 1.86. The molecular weight excluding hydrogens is 178 g/mol. The second-order valence-electron chi connectivity index (χ2n) is 4.84. The monoisotopic (exact) mass is 197 g/mol. The smallest absolute Gasteiger partial charge is 0.154 e. The van der Waals surface area contributed by atoms with Crippen LogP contribution in [0.1, 0.15) is 39.5 Å². The molecule has 0 radical (unpaired) electrons. The van der Waals surface area contributed by atoms with Gasteiger partial charge in [0.15, 0.2) is 5.60 Å². The minimum Gasteiger partial charge on any atom is -0.394 e. The molecule has 0 aromatic heterocycles. The van der Waals surface area contributed by atoms with Gasteiger partial charge in [-0.25, -0.2) is 0 Å². The van der Waals surface area contributed by atoms with Crippen LogP contribution >= 0.6 is 0 Å². The van der Waals surface area contributed by atoms with Crippen LogP contribution in [-0.4, -0.2) is 23.9 Å². The highest BCUT2D eigenvalue weighted by molar-refractivity contribution is 5.05. The van der Waals surface area contributed by atoms with Crippen LogP contribution in [0, 0.1) is 16.7 Å². The molecule has 1 rings (SSSR count). The van der Waals surface area contributed by atoms with Gasteiger partial charge >= 0.3 is 0 Å². The maximum Gasteiger partial charge on any atom is 0.154 e. The lowest BCUT2D eigenvalue weighted by molar-refractivity contribution is -0.0587. The lowest BCUT2D eigenvalue weighted by Gasteiger charge is -2.39. The minimum absolute atomic E-state index is 0.00712. The van der Waals surface area contributed by atoms with Crippen LogP contribution in [0.2, 0.25) is 0 Å². The van der Waals surface area contributed by atoms with E-state index in [1.807, 2.05) is 0 Å². The van der Waals surface area contributed by atoms with Gasteiger partial charge in [-0.1, -0.05) is 13.8 Å². The number of hydrogen-bond acceptors (Lipinski definition) is 3. The molecule has 3 heteroatoms. The molecule has 0 aromatic carbocycles. The predicted octanol–water partition coefficient (Wildman–Crippen LogP) is 1.86. The molecule has 0 amide bonds. The summed E-state index contributed by atoms with van der Waals surface area (Å²) in [5.41, 5.74) is -0.291. The highest BCUT2D eigenvalue weighted by Crippen LogP contribution is 2.41. The molecule has 0 aromatic rings. The Kier molecular flexibility index (Phi) is 3.52. The average molecular weight is 197 g/mol. The summed E-state index contributed by atoms with van der Waals surface area (Å²) >= 11 is 0. The Morgan fingerprint density at radius 3 is 2.29 bits per heavy atom. The first-order valence-electron chi connectivity index (χ1n) is 5.20. The van der Waals surface area contributed by atoms with Crippen LogP contribution in [0.5, 0.6) is 0 Å². The third-order valence-corrected chi connectivity index (χ3v) is 3.08. The summed E-state index contributed by atoms with van der Waals surface area (Å²) in [5, 5.41) is 17.8. The van der Waals surface area contributed by atoms with Gasteiger partial charge in [0, 0.05) is 0 Å². The molecule has 0 heterocycles. The Morgan fingerprint density at radius 1 is 1.29 bits per heavy atom. The van der Waals surface area contributed by atoms with Gasteiger partial charge in [-0.05, 0) is 31.1 Å². The number of ether oxygens (including phenoxy) is 1. The van der Waals surface area contributed by atoms with Gasteiger partial charge in [0.1, 0.15) is 0 Å². The zero-order valence-electron chi connectivity index (χ0n) is 9.05. The van der Waals surface area contributed by atoms with Crippen LogP contribution in [0.3, 0.4) is 0 Å². The van der Waals surface area contributed by atoms with Crippen molar-refractivity contribution in [3.63, 3.8) is 0 Å². The number of hydrogen-bond donors (Lipinski definition) is 1. The van der Waals surface area contributed by atoms with Gasteiger partial charge in [-0.3, -0.25) is 0 Å². The number of rotatable bonds is 3. The normalized spacial score (nSPS) is 24.1. The van der Waals surface area contributed by atoms with Crippen molar-refractivity contribution in [2.45, 2.75) is 45.1 Å². The Morgan fingerprint density at radius 2 is 1.86 bits per heavy atom. The van der Waals surface area contributed by atoms with Gasteiger partial charge < -0.3 is 9.84 Å². The summed E-state index contributed by atoms with van der Waals surface area (Å²) in [6.45, 7) is 4.71. The predicted molar refractivity (Wildman–Crippen MR) is 53.6 cm³/mol. The van der Waals surface area contributed by atoms with Crippen molar-refractivity contribution in [3.8, 4) is 6.07 Å². The maximum absolute atomic E-state index is 9.08. The Balaban J connectivity index is 2.54. The van der Waals surface area contributed by atoms with Gasteiger partial charge in [-0.2, -0.15) is 5.26 Å². The van der Waals surface area contributed by atoms with E-state index in [0.717, 1.165) is 25.7 Å². The summed E-state index contributed by atoms with van der Waals surface area (Å²) in [4.78, 5) is 0. The minimum atomic E-state index is -0.627. The van der Waals surface area contributed by atoms with E-state index in [2.05, 4.69) is 19.9 Å². The van der Waals surface area contributed by atoms with Crippen LogP contribution in [0.25, 0.3) is 0 Å². The molecule has 1 aliphatic carbocycles. The van der Waals surface area contributed by atoms with Crippen molar-refractivity contribution in [1.29, 1.82) is 5.26 Å². The largest absolute Gasteiger partial charge is 0.394 e. The van der Waals surface area contributed by atoms with E-state index in [9.17, 15) is 0 Å². The maximum atomic E-state index is 9.08. The second kappa shape index (κ2) is 4.29. The lowest BCUT2D eigenvalue weighted by Crippen LogP contribution is -2.38. The molecule has 0 atom stereocenters. The van der Waals surface area contributed by atoms with E-state index >= 15 is 0 Å². The van der Waals surface area contributed by atoms with E-state index in [-0.39, 0.29) is 13.2 Å². The Hall–Kier alpha value is -0.590. The van der Waals surface area contributed by atoms with E-state index in [1.165, 1.54) is 0 Å². The van der Waals surface area contributed by atoms with Gasteiger partial charge in [0.25, 0.3) is 0 Å². The standard InChI is InChI=1S/C11H19NO2/c1-10(2)3-5-11(9-12,6-4-10)14-8-7-13/h13H,3-8H2,1-2H3. The zero-order valence-corrected chi connectivity index (χ0v) is 9.05. The molecule has 1 N–H and O–H groups in total. The molecule has 0 spiro atoms. The van der Waals surface area contributed by atoms with Crippen LogP contribution in [0.15, 0.2) is 0 Å². The van der Waals surface area contributed by atoms with Crippen LogP contribution in [0.4, 0.5) is 0 Å². The van der Waals surface area contributed by atoms with Crippen molar-refractivity contribution >= 4 is 0 Å². The summed E-state index contributed by atoms with van der Waals surface area (Å²) in [6, 6.07) is 2.26. The average Bonchev–Trinajstić information content (AvgIpc) is 2.18. The van der Waals surface area contributed by atoms with E-state index in [1.54, 1.807) is 0 Å². The highest BCUT2D eigenvalue weighted by Gasteiger charge is 2.39. The first kappa shape index (κ1) is 11.5. The lowest BCUT2D eigenvalue weighted by atomic mass is 9.71. The Labute approximate surface area is 85.7 Å². The highest BCUT2D eigenvalue weighted by atomic mass is 16.5. The fourth-order valence-electron chi connectivity index (χ4n) is 1.86. The molecule has 3 nitrogen and oxygen atoms in total. The first-order chi connectivity index (χ1) is 6.54. The second-order valence-corrected chi connectivity index (χ2v) is 4.84. The van der Waals surface area contributed by atoms with E-state index in [4.69, 9.17) is 15.1 Å². The third-order valence-electron chi connectivity index (χ3n) is 3.08. The molecule has 1 fully saturated rings. The molecule has 0 unspecified atom stereocenters. The van der Waals surface area contributed by atoms with Crippen molar-refractivity contribution in [2.24, 2.45) is 5.41 Å². The molecule has 0 bridgehead atoms. The fraction of sp³-hybridized carbons (Fsp3) is 0.909. The summed E-state index contributed by atoms with van der Waals surface area (Å²) in [7, 11) is 0. The molecular formula is C11H19NO2. The Bertz CT molecular complexity index is 220. The third kappa shape index (κ3) is 2.70. The number of aliphatic hydroxyl groups excluding tert-OH is 1. The van der Waals surface area contributed by atoms with Crippen molar-refractivity contribution in [2.75, 3.05) is 13.2 Å². The van der Waals surface area contributed by atoms with Gasteiger partial charge in [0.05, 0.1) is 19.3 Å². The van der Waals surface area contributed by atoms with E-state index in [0.29, 0.717) is 5.41 Å². The van der Waals surface area contributed by atoms with Crippen LogP contribution in [-0.2, 0) is 4.74 Å². The molecule has 80 valence electrons. The molecule has 14 heavy (non-hydrogen) atoms. The first-order valence-corrected chi connectivity index (χ1v) is 5.20. The van der Waals surface area contributed by atoms with Crippen molar-refractivity contribution < 1.29 is 9.84 Å². The molecule has 0 aliphatic heterocycles. The topological polar surface area (TPSA) is 53.2 Å². The summed E-state index contributed by atoms with van der Waals surface area (Å²) < 4.78 is 5.45. The van der Waals surface area contributed by atoms with Crippen molar-refractivity contribution in [1.82, 2.24) is 0 Å². The van der Waals surface area contributed by atoms with Gasteiger partial charge in [-0.15, -0.1) is 0 Å². The summed E-state index contributed by atoms with van der Waals surface area (Å²) in [6.07, 6.45) is 3.62.